The molecule has 30 heavy (non-hydrogen) atoms. The van der Waals surface area contributed by atoms with Crippen molar-refractivity contribution >= 4 is 5.91 Å². The zero-order valence-electron chi connectivity index (χ0n) is 16.3. The second kappa shape index (κ2) is 6.60. The number of pyridine rings is 1. The molecule has 3 aromatic rings. The largest absolute Gasteiger partial charge is 0.360 e. The summed E-state index contributed by atoms with van der Waals surface area (Å²) < 4.78 is 6.33. The summed E-state index contributed by atoms with van der Waals surface area (Å²) in [5.41, 5.74) is 1.46. The highest BCUT2D eigenvalue weighted by Gasteiger charge is 2.66. The van der Waals surface area contributed by atoms with E-state index in [1.165, 1.54) is 5.56 Å². The van der Waals surface area contributed by atoms with Crippen molar-refractivity contribution in [1.82, 2.24) is 25.1 Å². The standard InChI is InChI=1S/C23H21N5O2/c29-22-20-19(21-25-18(26-27-21)12-15-6-2-1-3-7-15)17-9-10-23(20,30-17)14-28(22)13-16-8-4-5-11-24-16/h1-11,17,19-20H,12-14H2,(H,25,26,27)/t17-,19+,20-,23-/m0/s1. The molecule has 1 amide bonds. The van der Waals surface area contributed by atoms with E-state index in [0.717, 1.165) is 11.5 Å². The number of benzene rings is 1. The summed E-state index contributed by atoms with van der Waals surface area (Å²) in [4.78, 5) is 24.3. The van der Waals surface area contributed by atoms with Gasteiger partial charge in [0.15, 0.2) is 5.82 Å². The number of carbonyl (C=O) groups excluding carboxylic acids is 1. The lowest BCUT2D eigenvalue weighted by Crippen LogP contribution is -2.35. The van der Waals surface area contributed by atoms with E-state index in [4.69, 9.17) is 9.72 Å². The number of hydrogen-bond donors (Lipinski definition) is 1. The lowest BCUT2D eigenvalue weighted by Gasteiger charge is -2.22. The molecule has 3 aliphatic rings. The van der Waals surface area contributed by atoms with E-state index < -0.39 is 5.60 Å². The first kappa shape index (κ1) is 17.5. The van der Waals surface area contributed by atoms with Crippen molar-refractivity contribution in [1.29, 1.82) is 0 Å². The maximum Gasteiger partial charge on any atom is 0.230 e. The molecule has 4 atom stereocenters. The molecular weight excluding hydrogens is 378 g/mol. The molecule has 1 aromatic carbocycles. The molecule has 5 heterocycles. The Labute approximate surface area is 173 Å². The van der Waals surface area contributed by atoms with E-state index in [-0.39, 0.29) is 23.8 Å². The highest BCUT2D eigenvalue weighted by molar-refractivity contribution is 5.86. The van der Waals surface area contributed by atoms with Gasteiger partial charge in [0.05, 0.1) is 36.7 Å². The van der Waals surface area contributed by atoms with E-state index in [2.05, 4.69) is 39.5 Å². The minimum absolute atomic E-state index is 0.0897. The zero-order valence-corrected chi connectivity index (χ0v) is 16.3. The number of carbonyl (C=O) groups is 1. The van der Waals surface area contributed by atoms with E-state index in [9.17, 15) is 4.79 Å². The second-order valence-electron chi connectivity index (χ2n) is 8.22. The molecule has 1 spiro atoms. The van der Waals surface area contributed by atoms with E-state index in [0.29, 0.717) is 25.3 Å². The molecule has 0 radical (unpaired) electrons. The van der Waals surface area contributed by atoms with Crippen LogP contribution in [0.4, 0.5) is 0 Å². The maximum absolute atomic E-state index is 13.4. The molecule has 1 N–H and O–H groups in total. The lowest BCUT2D eigenvalue weighted by atomic mass is 9.77. The van der Waals surface area contributed by atoms with Gasteiger partial charge in [0.2, 0.25) is 5.91 Å². The molecule has 6 rings (SSSR count). The summed E-state index contributed by atoms with van der Waals surface area (Å²) in [6.45, 7) is 1.03. The van der Waals surface area contributed by atoms with Gasteiger partial charge in [0, 0.05) is 12.6 Å². The molecule has 0 aliphatic carbocycles. The van der Waals surface area contributed by atoms with E-state index in [1.54, 1.807) is 6.20 Å². The zero-order chi connectivity index (χ0) is 20.1. The van der Waals surface area contributed by atoms with Crippen LogP contribution in [-0.4, -0.2) is 49.2 Å². The molecule has 7 heteroatoms. The Morgan fingerprint density at radius 2 is 2.03 bits per heavy atom. The Morgan fingerprint density at radius 1 is 1.17 bits per heavy atom. The first-order chi connectivity index (χ1) is 14.7. The van der Waals surface area contributed by atoms with Crippen LogP contribution in [0.2, 0.25) is 0 Å². The number of amides is 1. The van der Waals surface area contributed by atoms with Crippen LogP contribution in [0.15, 0.2) is 66.9 Å². The molecule has 3 aliphatic heterocycles. The van der Waals surface area contributed by atoms with Crippen molar-refractivity contribution in [2.45, 2.75) is 30.6 Å². The topological polar surface area (TPSA) is 84.0 Å². The molecule has 0 unspecified atom stereocenters. The van der Waals surface area contributed by atoms with Gasteiger partial charge < -0.3 is 9.64 Å². The fraction of sp³-hybridized carbons (Fsp3) is 0.304. The minimum atomic E-state index is -0.582. The normalized spacial score (nSPS) is 29.0. The Hall–Kier alpha value is -3.32. The van der Waals surface area contributed by atoms with Crippen LogP contribution in [0, 0.1) is 5.92 Å². The van der Waals surface area contributed by atoms with Crippen molar-refractivity contribution < 1.29 is 9.53 Å². The molecule has 2 aromatic heterocycles. The number of nitrogens with zero attached hydrogens (tertiary/aromatic N) is 4. The van der Waals surface area contributed by atoms with Gasteiger partial charge >= 0.3 is 0 Å². The van der Waals surface area contributed by atoms with Crippen LogP contribution in [0.3, 0.4) is 0 Å². The summed E-state index contributed by atoms with van der Waals surface area (Å²) in [6.07, 6.45) is 6.40. The maximum atomic E-state index is 13.4. The number of fused-ring (bicyclic) bond motifs is 1. The highest BCUT2D eigenvalue weighted by atomic mass is 16.5. The van der Waals surface area contributed by atoms with Gasteiger partial charge in [0.25, 0.3) is 0 Å². The van der Waals surface area contributed by atoms with Gasteiger partial charge in [-0.1, -0.05) is 48.6 Å². The number of ether oxygens (including phenoxy) is 1. The first-order valence-corrected chi connectivity index (χ1v) is 10.2. The average Bonchev–Trinajstić information content (AvgIpc) is 3.52. The molecule has 2 saturated heterocycles. The van der Waals surface area contributed by atoms with Gasteiger partial charge in [-0.25, -0.2) is 4.98 Å². The number of aromatic amines is 1. The minimum Gasteiger partial charge on any atom is -0.360 e. The van der Waals surface area contributed by atoms with Crippen LogP contribution >= 0.6 is 0 Å². The van der Waals surface area contributed by atoms with Crippen LogP contribution in [0.1, 0.15) is 28.8 Å². The van der Waals surface area contributed by atoms with Crippen LogP contribution < -0.4 is 0 Å². The second-order valence-corrected chi connectivity index (χ2v) is 8.22. The van der Waals surface area contributed by atoms with E-state index >= 15 is 0 Å². The summed E-state index contributed by atoms with van der Waals surface area (Å²) in [5, 5.41) is 7.54. The number of likely N-dealkylation sites (tertiary alicyclic amines) is 1. The third-order valence-electron chi connectivity index (χ3n) is 6.32. The Morgan fingerprint density at radius 3 is 2.87 bits per heavy atom. The van der Waals surface area contributed by atoms with E-state index in [1.807, 2.05) is 41.3 Å². The van der Waals surface area contributed by atoms with Crippen molar-refractivity contribution in [3.05, 3.63) is 89.8 Å². The highest BCUT2D eigenvalue weighted by Crippen LogP contribution is 2.55. The van der Waals surface area contributed by atoms with Gasteiger partial charge in [0.1, 0.15) is 11.4 Å². The summed E-state index contributed by atoms with van der Waals surface area (Å²) >= 11 is 0. The average molecular weight is 399 g/mol. The Balaban J connectivity index is 1.26. The smallest absolute Gasteiger partial charge is 0.230 e. The predicted octanol–water partition coefficient (Wildman–Crippen LogP) is 2.24. The number of aromatic nitrogens is 4. The molecule has 7 nitrogen and oxygen atoms in total. The molecule has 0 saturated carbocycles. The number of hydrogen-bond acceptors (Lipinski definition) is 5. The predicted molar refractivity (Wildman–Crippen MR) is 108 cm³/mol. The fourth-order valence-corrected chi connectivity index (χ4v) is 5.02. The Bertz CT molecular complexity index is 1110. The first-order valence-electron chi connectivity index (χ1n) is 10.2. The summed E-state index contributed by atoms with van der Waals surface area (Å²) in [7, 11) is 0. The Kier molecular flexibility index (Phi) is 3.86. The van der Waals surface area contributed by atoms with Gasteiger partial charge in [-0.05, 0) is 17.7 Å². The van der Waals surface area contributed by atoms with Crippen LogP contribution in [0.25, 0.3) is 0 Å². The van der Waals surface area contributed by atoms with Crippen LogP contribution in [0.5, 0.6) is 0 Å². The molecule has 2 bridgehead atoms. The van der Waals surface area contributed by atoms with Crippen molar-refractivity contribution in [3.8, 4) is 0 Å². The summed E-state index contributed by atoms with van der Waals surface area (Å²) in [5.74, 6) is 1.09. The molecular formula is C23H21N5O2. The fourth-order valence-electron chi connectivity index (χ4n) is 5.02. The van der Waals surface area contributed by atoms with Crippen molar-refractivity contribution in [2.75, 3.05) is 6.54 Å². The number of H-pyrrole nitrogens is 1. The summed E-state index contributed by atoms with van der Waals surface area (Å²) in [6, 6.07) is 15.9. The third-order valence-corrected chi connectivity index (χ3v) is 6.32. The number of rotatable bonds is 5. The van der Waals surface area contributed by atoms with Gasteiger partial charge in [-0.15, -0.1) is 0 Å². The quantitative estimate of drug-likeness (QED) is 0.665. The van der Waals surface area contributed by atoms with Crippen LogP contribution in [-0.2, 0) is 22.5 Å². The van der Waals surface area contributed by atoms with Gasteiger partial charge in [-0.2, -0.15) is 5.10 Å². The lowest BCUT2D eigenvalue weighted by molar-refractivity contribution is -0.132. The number of nitrogens with one attached hydrogen (secondary N) is 1. The van der Waals surface area contributed by atoms with Gasteiger partial charge in [-0.3, -0.25) is 14.9 Å². The SMILES string of the molecule is O=C1[C@@H]2[C@H](c3n[nH]c(Cc4ccccc4)n3)[C@@H]3C=C[C@@]2(CN1Cc1ccccn1)O3. The molecule has 150 valence electrons. The third kappa shape index (κ3) is 2.69. The monoisotopic (exact) mass is 399 g/mol. The van der Waals surface area contributed by atoms with Crippen molar-refractivity contribution in [2.24, 2.45) is 5.92 Å². The molecule has 2 fully saturated rings. The van der Waals surface area contributed by atoms with Crippen molar-refractivity contribution in [3.63, 3.8) is 0 Å².